The maximum Gasteiger partial charge on any atom is 0.573 e. The Bertz CT molecular complexity index is 1330. The quantitative estimate of drug-likeness (QED) is 0.270. The van der Waals surface area contributed by atoms with Crippen molar-refractivity contribution in [3.05, 3.63) is 83.9 Å². The van der Waals surface area contributed by atoms with Gasteiger partial charge in [-0.25, -0.2) is 0 Å². The van der Waals surface area contributed by atoms with Gasteiger partial charge in [-0.2, -0.15) is 0 Å². The Morgan fingerprint density at radius 2 is 1.69 bits per heavy atom. The van der Waals surface area contributed by atoms with E-state index in [-0.39, 0.29) is 42.8 Å². The highest BCUT2D eigenvalue weighted by atomic mass is 19.4. The minimum atomic E-state index is -4.78. The molecule has 0 saturated carbocycles. The number of rotatable bonds is 10. The van der Waals surface area contributed by atoms with Gasteiger partial charge in [0.2, 0.25) is 0 Å². The zero-order valence-corrected chi connectivity index (χ0v) is 21.2. The van der Waals surface area contributed by atoms with Gasteiger partial charge in [-0.15, -0.1) is 13.2 Å². The molecule has 3 aromatic rings. The van der Waals surface area contributed by atoms with Crippen molar-refractivity contribution in [2.24, 2.45) is 0 Å². The van der Waals surface area contributed by atoms with Crippen LogP contribution in [0.4, 0.5) is 13.2 Å². The number of hydrogen-bond acceptors (Lipinski definition) is 6. The van der Waals surface area contributed by atoms with Gasteiger partial charge >= 0.3 is 6.36 Å². The number of fused-ring (bicyclic) bond motifs is 1. The van der Waals surface area contributed by atoms with Crippen molar-refractivity contribution in [2.45, 2.75) is 12.8 Å². The van der Waals surface area contributed by atoms with Crippen molar-refractivity contribution in [1.82, 2.24) is 9.80 Å². The van der Waals surface area contributed by atoms with Crippen molar-refractivity contribution in [2.75, 3.05) is 39.8 Å². The molecule has 204 valence electrons. The van der Waals surface area contributed by atoms with Crippen LogP contribution in [0.3, 0.4) is 0 Å². The summed E-state index contributed by atoms with van der Waals surface area (Å²) in [5, 5.41) is 0. The molecule has 0 spiro atoms. The van der Waals surface area contributed by atoms with Crippen LogP contribution in [0.2, 0.25) is 0 Å². The molecule has 3 aromatic carbocycles. The van der Waals surface area contributed by atoms with Crippen LogP contribution in [0, 0.1) is 0 Å². The van der Waals surface area contributed by atoms with Crippen molar-refractivity contribution in [3.8, 4) is 22.6 Å². The maximum atomic E-state index is 13.3. The molecular formula is C29H27F3N2O5. The van der Waals surface area contributed by atoms with E-state index in [1.54, 1.807) is 65.4 Å². The number of ketones is 2. The van der Waals surface area contributed by atoms with Crippen LogP contribution in [0.15, 0.2) is 72.8 Å². The molecular weight excluding hydrogens is 513 g/mol. The van der Waals surface area contributed by atoms with Crippen LogP contribution in [0.1, 0.15) is 27.1 Å². The molecule has 0 aromatic heterocycles. The summed E-state index contributed by atoms with van der Waals surface area (Å²) in [6.07, 6.45) is -4.97. The molecule has 0 saturated heterocycles. The molecule has 0 atom stereocenters. The summed E-state index contributed by atoms with van der Waals surface area (Å²) >= 11 is 0. The number of carbonyl (C=O) groups excluding carboxylic acids is 3. The van der Waals surface area contributed by atoms with Gasteiger partial charge in [-0.05, 0) is 42.4 Å². The second kappa shape index (κ2) is 12.1. The predicted molar refractivity (Wildman–Crippen MR) is 138 cm³/mol. The molecule has 1 heterocycles. The van der Waals surface area contributed by atoms with E-state index in [2.05, 4.69) is 4.74 Å². The van der Waals surface area contributed by atoms with Gasteiger partial charge in [-0.3, -0.25) is 19.3 Å². The average Bonchev–Trinajstić information content (AvgIpc) is 3.05. The largest absolute Gasteiger partial charge is 0.573 e. The standard InChI is InChI=1S/C29H27F3N2O5/c1-33(19-23(35)18-26(36)21-5-3-2-4-6-21)13-14-34-15-16-38-27-12-9-22(17-25(27)28(34)37)20-7-10-24(11-8-20)39-29(30,31)32/h2-12,17H,13-16,18-19H2,1H3. The smallest absolute Gasteiger partial charge is 0.491 e. The first kappa shape index (κ1) is 27.8. The lowest BCUT2D eigenvalue weighted by molar-refractivity contribution is -0.274. The normalized spacial score (nSPS) is 13.5. The van der Waals surface area contributed by atoms with Gasteiger partial charge in [0.05, 0.1) is 25.1 Å². The Labute approximate surface area is 223 Å². The van der Waals surface area contributed by atoms with E-state index in [1.165, 1.54) is 24.3 Å². The van der Waals surface area contributed by atoms with Gasteiger partial charge in [0, 0.05) is 18.7 Å². The number of ether oxygens (including phenoxy) is 2. The SMILES string of the molecule is CN(CCN1CCOc2ccc(-c3ccc(OC(F)(F)F)cc3)cc2C1=O)CC(=O)CC(=O)c1ccccc1. The molecule has 7 nitrogen and oxygen atoms in total. The molecule has 0 unspecified atom stereocenters. The topological polar surface area (TPSA) is 76.2 Å². The Kier molecular flexibility index (Phi) is 8.65. The van der Waals surface area contributed by atoms with Gasteiger partial charge < -0.3 is 14.4 Å². The number of amides is 1. The van der Waals surface area contributed by atoms with Crippen LogP contribution in [-0.2, 0) is 4.79 Å². The lowest BCUT2D eigenvalue weighted by Crippen LogP contribution is -2.40. The molecule has 10 heteroatoms. The van der Waals surface area contributed by atoms with Crippen LogP contribution >= 0.6 is 0 Å². The first-order valence-electron chi connectivity index (χ1n) is 12.3. The zero-order chi connectivity index (χ0) is 28.0. The van der Waals surface area contributed by atoms with Gasteiger partial charge in [0.15, 0.2) is 11.6 Å². The van der Waals surface area contributed by atoms with Crippen LogP contribution < -0.4 is 9.47 Å². The summed E-state index contributed by atoms with van der Waals surface area (Å²) in [7, 11) is 1.75. The zero-order valence-electron chi connectivity index (χ0n) is 21.2. The molecule has 4 rings (SSSR count). The minimum absolute atomic E-state index is 0.0753. The van der Waals surface area contributed by atoms with Gasteiger partial charge in [-0.1, -0.05) is 48.5 Å². The maximum absolute atomic E-state index is 13.3. The summed E-state index contributed by atoms with van der Waals surface area (Å²) < 4.78 is 47.0. The molecule has 1 amide bonds. The van der Waals surface area contributed by atoms with E-state index in [0.29, 0.717) is 47.6 Å². The number of benzene rings is 3. The molecule has 0 aliphatic carbocycles. The van der Waals surface area contributed by atoms with Crippen LogP contribution in [0.25, 0.3) is 11.1 Å². The van der Waals surface area contributed by atoms with E-state index in [4.69, 9.17) is 4.74 Å². The molecule has 1 aliphatic heterocycles. The highest BCUT2D eigenvalue weighted by Gasteiger charge is 2.31. The number of carbonyl (C=O) groups is 3. The molecule has 0 N–H and O–H groups in total. The monoisotopic (exact) mass is 540 g/mol. The van der Waals surface area contributed by atoms with Crippen molar-refractivity contribution in [3.63, 3.8) is 0 Å². The lowest BCUT2D eigenvalue weighted by atomic mass is 10.0. The van der Waals surface area contributed by atoms with Crippen molar-refractivity contribution >= 4 is 17.5 Å². The fourth-order valence-corrected chi connectivity index (χ4v) is 4.24. The fourth-order valence-electron chi connectivity index (χ4n) is 4.24. The van der Waals surface area contributed by atoms with Gasteiger partial charge in [0.1, 0.15) is 18.1 Å². The second-order valence-electron chi connectivity index (χ2n) is 9.17. The van der Waals surface area contributed by atoms with Crippen molar-refractivity contribution < 1.29 is 37.0 Å². The Morgan fingerprint density at radius 1 is 1.00 bits per heavy atom. The second-order valence-corrected chi connectivity index (χ2v) is 9.17. The van der Waals surface area contributed by atoms with E-state index >= 15 is 0 Å². The van der Waals surface area contributed by atoms with Crippen LogP contribution in [0.5, 0.6) is 11.5 Å². The number of likely N-dealkylation sites (N-methyl/N-ethyl adjacent to an activating group) is 1. The van der Waals surface area contributed by atoms with Crippen LogP contribution in [-0.4, -0.2) is 73.5 Å². The molecule has 39 heavy (non-hydrogen) atoms. The summed E-state index contributed by atoms with van der Waals surface area (Å²) in [4.78, 5) is 41.4. The van der Waals surface area contributed by atoms with E-state index < -0.39 is 6.36 Å². The summed E-state index contributed by atoms with van der Waals surface area (Å²) in [6.45, 7) is 1.46. The number of halogens is 3. The molecule has 1 aliphatic rings. The Morgan fingerprint density at radius 3 is 2.38 bits per heavy atom. The Balaban J connectivity index is 1.36. The van der Waals surface area contributed by atoms with Crippen molar-refractivity contribution in [1.29, 1.82) is 0 Å². The van der Waals surface area contributed by atoms with Gasteiger partial charge in [0.25, 0.3) is 5.91 Å². The highest BCUT2D eigenvalue weighted by molar-refractivity contribution is 6.08. The summed E-state index contributed by atoms with van der Waals surface area (Å²) in [6, 6.07) is 19.1. The number of Topliss-reactive ketones (excluding diaryl/α,β-unsaturated/α-hetero) is 2. The first-order chi connectivity index (χ1) is 18.6. The molecule has 0 bridgehead atoms. The summed E-state index contributed by atoms with van der Waals surface area (Å²) in [5.74, 6) is -0.604. The predicted octanol–water partition coefficient (Wildman–Crippen LogP) is 4.86. The third-order valence-corrected chi connectivity index (χ3v) is 6.19. The highest BCUT2D eigenvalue weighted by Crippen LogP contribution is 2.31. The first-order valence-corrected chi connectivity index (χ1v) is 12.3. The lowest BCUT2D eigenvalue weighted by Gasteiger charge is -2.23. The minimum Gasteiger partial charge on any atom is -0.491 e. The molecule has 0 fully saturated rings. The Hall–Kier alpha value is -4.18. The number of alkyl halides is 3. The molecule has 0 radical (unpaired) electrons. The van der Waals surface area contributed by atoms with E-state index in [1.807, 2.05) is 0 Å². The average molecular weight is 541 g/mol. The number of nitrogens with zero attached hydrogens (tertiary/aromatic N) is 2. The summed E-state index contributed by atoms with van der Waals surface area (Å²) in [5.41, 5.74) is 2.08. The van der Waals surface area contributed by atoms with E-state index in [9.17, 15) is 27.6 Å². The fraction of sp³-hybridized carbons (Fsp3) is 0.276. The van der Waals surface area contributed by atoms with E-state index in [0.717, 1.165) is 0 Å². The third kappa shape index (κ3) is 7.67. The third-order valence-electron chi connectivity index (χ3n) is 6.19. The number of hydrogen-bond donors (Lipinski definition) is 0.